The molecule has 0 bridgehead atoms. The fourth-order valence-corrected chi connectivity index (χ4v) is 0.721. The van der Waals surface area contributed by atoms with E-state index in [1.165, 1.54) is 6.33 Å². The van der Waals surface area contributed by atoms with Crippen LogP contribution in [0, 0.1) is 35.6 Å². The summed E-state index contributed by atoms with van der Waals surface area (Å²) in [7, 11) is 0. The number of carboxylic acids is 1. The summed E-state index contributed by atoms with van der Waals surface area (Å²) < 4.78 is 0. The number of aromatic nitrogens is 2. The van der Waals surface area contributed by atoms with Gasteiger partial charge in [-0.2, -0.15) is 0 Å². The third kappa shape index (κ3) is 3.49. The maximum Gasteiger partial charge on any atom is 0.320 e. The van der Waals surface area contributed by atoms with Gasteiger partial charge in [0.25, 0.3) is 0 Å². The Morgan fingerprint density at radius 3 is 2.92 bits per heavy atom. The van der Waals surface area contributed by atoms with E-state index in [1.54, 1.807) is 6.20 Å². The zero-order valence-electron chi connectivity index (χ0n) is 6.40. The SMILES string of the molecule is NC(Cc1cnc[nH]1)C(=O)O.[La]. The Morgan fingerprint density at radius 2 is 2.50 bits per heavy atom. The Balaban J connectivity index is 0.00000121. The van der Waals surface area contributed by atoms with Crippen LogP contribution in [0.15, 0.2) is 12.5 Å². The van der Waals surface area contributed by atoms with E-state index in [2.05, 4.69) is 9.97 Å². The molecule has 0 aliphatic carbocycles. The van der Waals surface area contributed by atoms with Gasteiger partial charge in [0.15, 0.2) is 0 Å². The summed E-state index contributed by atoms with van der Waals surface area (Å²) in [5.41, 5.74) is 6.00. The number of imidazole rings is 1. The largest absolute Gasteiger partial charge is 0.480 e. The zero-order valence-corrected chi connectivity index (χ0v) is 10.0. The van der Waals surface area contributed by atoms with Gasteiger partial charge in [0, 0.05) is 53.9 Å². The van der Waals surface area contributed by atoms with Crippen LogP contribution in [0.1, 0.15) is 5.69 Å². The van der Waals surface area contributed by atoms with E-state index in [0.717, 1.165) is 5.69 Å². The van der Waals surface area contributed by atoms with Crippen LogP contribution in [-0.2, 0) is 11.2 Å². The average Bonchev–Trinajstić information content (AvgIpc) is 2.39. The van der Waals surface area contributed by atoms with Gasteiger partial charge in [-0.15, -0.1) is 0 Å². The Hall–Kier alpha value is -0.165. The van der Waals surface area contributed by atoms with Crippen LogP contribution in [0.3, 0.4) is 0 Å². The van der Waals surface area contributed by atoms with Crippen molar-refractivity contribution in [3.8, 4) is 0 Å². The van der Waals surface area contributed by atoms with Gasteiger partial charge in [0.2, 0.25) is 0 Å². The third-order valence-corrected chi connectivity index (χ3v) is 1.31. The molecule has 1 aromatic heterocycles. The topological polar surface area (TPSA) is 92.0 Å². The summed E-state index contributed by atoms with van der Waals surface area (Å²) in [5.74, 6) is -1.00. The number of nitrogens with zero attached hydrogens (tertiary/aromatic N) is 1. The molecular formula is C6H9LaN3O2. The van der Waals surface area contributed by atoms with Gasteiger partial charge in [0.05, 0.1) is 6.33 Å². The summed E-state index contributed by atoms with van der Waals surface area (Å²) in [6, 6.07) is -0.851. The van der Waals surface area contributed by atoms with Crippen LogP contribution in [0.25, 0.3) is 0 Å². The van der Waals surface area contributed by atoms with E-state index in [4.69, 9.17) is 10.8 Å². The van der Waals surface area contributed by atoms with Gasteiger partial charge >= 0.3 is 5.97 Å². The molecule has 1 atom stereocenters. The van der Waals surface area contributed by atoms with Gasteiger partial charge in [-0.25, -0.2) is 4.98 Å². The predicted molar refractivity (Wildman–Crippen MR) is 37.9 cm³/mol. The molecule has 1 rings (SSSR count). The Kier molecular flexibility index (Phi) is 5.40. The smallest absolute Gasteiger partial charge is 0.320 e. The average molecular weight is 294 g/mol. The molecule has 63 valence electrons. The minimum atomic E-state index is -1.00. The predicted octanol–water partition coefficient (Wildman–Crippen LogP) is -0.636. The van der Waals surface area contributed by atoms with E-state index in [0.29, 0.717) is 0 Å². The van der Waals surface area contributed by atoms with E-state index in [9.17, 15) is 4.79 Å². The Labute approximate surface area is 97.4 Å². The molecule has 1 radical (unpaired) electrons. The van der Waals surface area contributed by atoms with Crippen LogP contribution >= 0.6 is 0 Å². The summed E-state index contributed by atoms with van der Waals surface area (Å²) in [6.45, 7) is 0. The molecule has 0 aliphatic rings. The number of aromatic amines is 1. The quantitative estimate of drug-likeness (QED) is 0.692. The standard InChI is InChI=1S/C6H9N3O2.La/c7-5(6(10)11)1-4-2-8-3-9-4;/h2-3,5H,1,7H2,(H,8,9)(H,10,11);. The van der Waals surface area contributed by atoms with Crippen molar-refractivity contribution in [2.45, 2.75) is 12.5 Å². The molecule has 0 aromatic carbocycles. The number of carboxylic acid groups (broad SMARTS) is 1. The molecule has 0 saturated carbocycles. The molecular weight excluding hydrogens is 285 g/mol. The minimum absolute atomic E-state index is 0. The van der Waals surface area contributed by atoms with Gasteiger partial charge in [-0.3, -0.25) is 4.79 Å². The Morgan fingerprint density at radius 1 is 1.83 bits per heavy atom. The molecule has 0 spiro atoms. The number of H-pyrrole nitrogens is 1. The van der Waals surface area contributed by atoms with Crippen LogP contribution < -0.4 is 5.73 Å². The molecule has 4 N–H and O–H groups in total. The first kappa shape index (κ1) is 11.8. The van der Waals surface area contributed by atoms with Crippen LogP contribution in [0.5, 0.6) is 0 Å². The molecule has 6 heteroatoms. The van der Waals surface area contributed by atoms with E-state index in [1.807, 2.05) is 0 Å². The van der Waals surface area contributed by atoms with E-state index >= 15 is 0 Å². The molecule has 0 aliphatic heterocycles. The molecule has 0 saturated heterocycles. The molecule has 12 heavy (non-hydrogen) atoms. The molecule has 1 aromatic rings. The fourth-order valence-electron chi connectivity index (χ4n) is 0.721. The number of carbonyl (C=O) groups is 1. The zero-order chi connectivity index (χ0) is 8.27. The van der Waals surface area contributed by atoms with Crippen molar-refractivity contribution < 1.29 is 45.5 Å². The minimum Gasteiger partial charge on any atom is -0.480 e. The maximum absolute atomic E-state index is 10.3. The maximum atomic E-state index is 10.3. The van der Waals surface area contributed by atoms with E-state index in [-0.39, 0.29) is 42.0 Å². The second kappa shape index (κ2) is 5.48. The normalized spacial score (nSPS) is 11.8. The van der Waals surface area contributed by atoms with Crippen molar-refractivity contribution in [2.75, 3.05) is 0 Å². The molecule has 1 heterocycles. The van der Waals surface area contributed by atoms with Gasteiger partial charge < -0.3 is 15.8 Å². The van der Waals surface area contributed by atoms with Crippen molar-refractivity contribution in [3.63, 3.8) is 0 Å². The van der Waals surface area contributed by atoms with Gasteiger partial charge in [0.1, 0.15) is 6.04 Å². The Bertz CT molecular complexity index is 237. The first-order valence-electron chi connectivity index (χ1n) is 3.16. The first-order chi connectivity index (χ1) is 5.20. The molecule has 1 unspecified atom stereocenters. The number of hydrogen-bond acceptors (Lipinski definition) is 3. The summed E-state index contributed by atoms with van der Waals surface area (Å²) in [5, 5.41) is 8.42. The number of nitrogens with two attached hydrogens (primary N) is 1. The van der Waals surface area contributed by atoms with Crippen molar-refractivity contribution in [1.29, 1.82) is 0 Å². The second-order valence-electron chi connectivity index (χ2n) is 2.23. The van der Waals surface area contributed by atoms with Crippen molar-refractivity contribution >= 4 is 5.97 Å². The second-order valence-corrected chi connectivity index (χ2v) is 2.23. The van der Waals surface area contributed by atoms with Gasteiger partial charge in [-0.05, 0) is 0 Å². The monoisotopic (exact) mass is 294 g/mol. The van der Waals surface area contributed by atoms with Crippen LogP contribution in [0.4, 0.5) is 0 Å². The van der Waals surface area contributed by atoms with E-state index < -0.39 is 12.0 Å². The first-order valence-corrected chi connectivity index (χ1v) is 3.16. The summed E-state index contributed by atoms with van der Waals surface area (Å²) >= 11 is 0. The van der Waals surface area contributed by atoms with Crippen molar-refractivity contribution in [3.05, 3.63) is 18.2 Å². The number of nitrogens with one attached hydrogen (secondary N) is 1. The van der Waals surface area contributed by atoms with Crippen molar-refractivity contribution in [2.24, 2.45) is 5.73 Å². The number of rotatable bonds is 3. The summed E-state index contributed by atoms with van der Waals surface area (Å²) in [4.78, 5) is 16.8. The van der Waals surface area contributed by atoms with Crippen LogP contribution in [-0.4, -0.2) is 27.1 Å². The van der Waals surface area contributed by atoms with Crippen LogP contribution in [0.2, 0.25) is 0 Å². The van der Waals surface area contributed by atoms with Gasteiger partial charge in [-0.1, -0.05) is 0 Å². The number of hydrogen-bond donors (Lipinski definition) is 3. The van der Waals surface area contributed by atoms with Crippen molar-refractivity contribution in [1.82, 2.24) is 9.97 Å². The fraction of sp³-hybridized carbons (Fsp3) is 0.333. The molecule has 0 fully saturated rings. The number of aliphatic carboxylic acids is 1. The molecule has 0 amide bonds. The molecule has 5 nitrogen and oxygen atoms in total. The third-order valence-electron chi connectivity index (χ3n) is 1.31. The summed E-state index contributed by atoms with van der Waals surface area (Å²) in [6.07, 6.45) is 3.34.